The maximum absolute atomic E-state index is 14.0. The van der Waals surface area contributed by atoms with Gasteiger partial charge in [-0.15, -0.1) is 6.58 Å². The Morgan fingerprint density at radius 3 is 2.30 bits per heavy atom. The SMILES string of the molecule is C=CCN(C(=O)NCc1ccccc1)N1CC(=O)N2[C@@H](c3ccccc3)C(=O)N(Cc3ccccc3CI)C[C@@H]21. The summed E-state index contributed by atoms with van der Waals surface area (Å²) in [6.45, 7) is 5.12. The predicted molar refractivity (Wildman–Crippen MR) is 162 cm³/mol. The first-order valence-electron chi connectivity index (χ1n) is 13.3. The van der Waals surface area contributed by atoms with E-state index in [2.05, 4.69) is 40.6 Å². The fraction of sp³-hybridized carbons (Fsp3) is 0.258. The minimum atomic E-state index is -0.776. The summed E-state index contributed by atoms with van der Waals surface area (Å²) in [7, 11) is 0. The van der Waals surface area contributed by atoms with Gasteiger partial charge >= 0.3 is 6.03 Å². The summed E-state index contributed by atoms with van der Waals surface area (Å²) in [6, 6.07) is 26.1. The van der Waals surface area contributed by atoms with Crippen molar-refractivity contribution < 1.29 is 14.4 Å². The molecule has 0 aliphatic carbocycles. The maximum Gasteiger partial charge on any atom is 0.332 e. The standard InChI is InChI=1S/C31H32IN5O3/c1-2-17-35(31(40)33-19-23-11-5-3-6-12-23)36-22-28(38)37-27(36)21-34(20-26-16-10-9-15-25(26)18-32)30(39)29(37)24-13-7-4-8-14-24/h2-16,27,29H,1,17-22H2,(H,33,40)/t27-,29+/m1/s1. The van der Waals surface area contributed by atoms with E-state index < -0.39 is 12.2 Å². The van der Waals surface area contributed by atoms with Gasteiger partial charge in [-0.3, -0.25) is 14.6 Å². The van der Waals surface area contributed by atoms with E-state index >= 15 is 0 Å². The Hall–Kier alpha value is -3.70. The van der Waals surface area contributed by atoms with Crippen LogP contribution in [-0.2, 0) is 27.1 Å². The molecule has 2 heterocycles. The first kappa shape index (κ1) is 27.9. The van der Waals surface area contributed by atoms with Gasteiger partial charge in [0.25, 0.3) is 5.91 Å². The quantitative estimate of drug-likeness (QED) is 0.211. The van der Waals surface area contributed by atoms with Crippen LogP contribution in [0.15, 0.2) is 97.6 Å². The molecular weight excluding hydrogens is 617 g/mol. The summed E-state index contributed by atoms with van der Waals surface area (Å²) >= 11 is 2.33. The highest BCUT2D eigenvalue weighted by atomic mass is 127. The summed E-state index contributed by atoms with van der Waals surface area (Å²) in [6.07, 6.45) is 1.14. The third kappa shape index (κ3) is 5.75. The van der Waals surface area contributed by atoms with Gasteiger partial charge in [-0.1, -0.05) is 114 Å². The fourth-order valence-corrected chi connectivity index (χ4v) is 6.12. The highest BCUT2D eigenvalue weighted by molar-refractivity contribution is 14.1. The number of amides is 4. The van der Waals surface area contributed by atoms with E-state index in [9.17, 15) is 14.4 Å². The molecular formula is C31H32IN5O3. The number of fused-ring (bicyclic) bond motifs is 1. The number of hydrogen-bond acceptors (Lipinski definition) is 4. The number of urea groups is 1. The topological polar surface area (TPSA) is 76.2 Å². The van der Waals surface area contributed by atoms with E-state index in [0.717, 1.165) is 21.1 Å². The molecule has 0 unspecified atom stereocenters. The number of hydrogen-bond donors (Lipinski definition) is 1. The Morgan fingerprint density at radius 2 is 1.62 bits per heavy atom. The van der Waals surface area contributed by atoms with Gasteiger partial charge in [-0.05, 0) is 22.3 Å². The average molecular weight is 650 g/mol. The lowest BCUT2D eigenvalue weighted by Crippen LogP contribution is -2.62. The lowest BCUT2D eigenvalue weighted by Gasteiger charge is -2.46. The first-order chi connectivity index (χ1) is 19.5. The summed E-state index contributed by atoms with van der Waals surface area (Å²) in [5.41, 5.74) is 3.97. The van der Waals surface area contributed by atoms with Crippen LogP contribution < -0.4 is 5.32 Å². The molecule has 2 aliphatic rings. The molecule has 2 atom stereocenters. The van der Waals surface area contributed by atoms with Gasteiger partial charge in [0.1, 0.15) is 12.2 Å². The Bertz CT molecular complexity index is 1370. The minimum absolute atomic E-state index is 0.00788. The number of carbonyl (C=O) groups excluding carboxylic acids is 3. The maximum atomic E-state index is 14.0. The molecule has 0 aromatic heterocycles. The Kier molecular flexibility index (Phi) is 8.81. The highest BCUT2D eigenvalue weighted by Gasteiger charge is 2.52. The van der Waals surface area contributed by atoms with Crippen molar-refractivity contribution in [2.24, 2.45) is 0 Å². The number of halogens is 1. The molecule has 40 heavy (non-hydrogen) atoms. The van der Waals surface area contributed by atoms with Gasteiger partial charge < -0.3 is 15.1 Å². The van der Waals surface area contributed by atoms with Crippen molar-refractivity contribution in [1.29, 1.82) is 0 Å². The summed E-state index contributed by atoms with van der Waals surface area (Å²) in [5.74, 6) is -0.311. The summed E-state index contributed by atoms with van der Waals surface area (Å²) in [4.78, 5) is 44.5. The molecule has 0 saturated carbocycles. The van der Waals surface area contributed by atoms with Crippen molar-refractivity contribution in [1.82, 2.24) is 25.1 Å². The molecule has 1 N–H and O–H groups in total. The van der Waals surface area contributed by atoms with Crippen molar-refractivity contribution in [2.75, 3.05) is 19.6 Å². The zero-order valence-corrected chi connectivity index (χ0v) is 24.3. The number of rotatable bonds is 9. The molecule has 9 heteroatoms. The molecule has 0 bridgehead atoms. The molecule has 2 fully saturated rings. The van der Waals surface area contributed by atoms with E-state index in [1.54, 1.807) is 16.0 Å². The van der Waals surface area contributed by atoms with Crippen molar-refractivity contribution >= 4 is 40.4 Å². The van der Waals surface area contributed by atoms with E-state index in [4.69, 9.17) is 0 Å². The number of piperazine rings is 1. The number of nitrogens with one attached hydrogen (secondary N) is 1. The van der Waals surface area contributed by atoms with Crippen LogP contribution in [0.3, 0.4) is 0 Å². The monoisotopic (exact) mass is 649 g/mol. The Morgan fingerprint density at radius 1 is 0.975 bits per heavy atom. The Balaban J connectivity index is 1.46. The Labute approximate surface area is 248 Å². The molecule has 8 nitrogen and oxygen atoms in total. The predicted octanol–water partition coefficient (Wildman–Crippen LogP) is 4.49. The van der Waals surface area contributed by atoms with Crippen LogP contribution in [0.1, 0.15) is 28.3 Å². The largest absolute Gasteiger partial charge is 0.333 e. The number of nitrogens with zero attached hydrogens (tertiary/aromatic N) is 4. The molecule has 5 rings (SSSR count). The van der Waals surface area contributed by atoms with E-state index in [1.807, 2.05) is 83.8 Å². The molecule has 2 saturated heterocycles. The second kappa shape index (κ2) is 12.6. The molecule has 3 aromatic rings. The van der Waals surface area contributed by atoms with Crippen LogP contribution in [0.2, 0.25) is 0 Å². The number of benzene rings is 3. The van der Waals surface area contributed by atoms with Crippen molar-refractivity contribution in [2.45, 2.75) is 29.7 Å². The van der Waals surface area contributed by atoms with E-state index in [0.29, 0.717) is 13.1 Å². The smallest absolute Gasteiger partial charge is 0.332 e. The lowest BCUT2D eigenvalue weighted by atomic mass is 9.99. The molecule has 0 radical (unpaired) electrons. The lowest BCUT2D eigenvalue weighted by molar-refractivity contribution is -0.158. The van der Waals surface area contributed by atoms with Gasteiger partial charge in [0.15, 0.2) is 0 Å². The van der Waals surface area contributed by atoms with Crippen molar-refractivity contribution in [3.63, 3.8) is 0 Å². The fourth-order valence-electron chi connectivity index (χ4n) is 5.38. The molecule has 2 aliphatic heterocycles. The molecule has 206 valence electrons. The number of carbonyl (C=O) groups is 3. The van der Waals surface area contributed by atoms with Gasteiger partial charge in [0.05, 0.1) is 19.6 Å². The normalized spacial score (nSPS) is 18.9. The number of hydrazine groups is 1. The highest BCUT2D eigenvalue weighted by Crippen LogP contribution is 2.36. The van der Waals surface area contributed by atoms with Crippen molar-refractivity contribution in [3.05, 3.63) is 120 Å². The molecule has 4 amide bonds. The zero-order valence-electron chi connectivity index (χ0n) is 22.2. The van der Waals surface area contributed by atoms with E-state index in [-0.39, 0.29) is 37.5 Å². The van der Waals surface area contributed by atoms with Crippen LogP contribution in [0.25, 0.3) is 0 Å². The van der Waals surface area contributed by atoms with Crippen LogP contribution in [-0.4, -0.2) is 63.5 Å². The minimum Gasteiger partial charge on any atom is -0.333 e. The van der Waals surface area contributed by atoms with Crippen LogP contribution in [0, 0.1) is 0 Å². The average Bonchev–Trinajstić information content (AvgIpc) is 3.31. The zero-order chi connectivity index (χ0) is 28.1. The van der Waals surface area contributed by atoms with Crippen LogP contribution >= 0.6 is 22.6 Å². The molecule has 3 aromatic carbocycles. The second-order valence-corrected chi connectivity index (χ2v) is 10.6. The van der Waals surface area contributed by atoms with Crippen LogP contribution in [0.5, 0.6) is 0 Å². The first-order valence-corrected chi connectivity index (χ1v) is 14.8. The summed E-state index contributed by atoms with van der Waals surface area (Å²) < 4.78 is 0.826. The molecule has 0 spiro atoms. The van der Waals surface area contributed by atoms with Gasteiger partial charge in [-0.25, -0.2) is 4.79 Å². The third-order valence-corrected chi connectivity index (χ3v) is 8.15. The van der Waals surface area contributed by atoms with Gasteiger partial charge in [0.2, 0.25) is 5.91 Å². The van der Waals surface area contributed by atoms with E-state index in [1.165, 1.54) is 10.6 Å². The number of alkyl halides is 1. The van der Waals surface area contributed by atoms with Gasteiger partial charge in [0, 0.05) is 17.5 Å². The second-order valence-electron chi connectivity index (χ2n) is 9.83. The van der Waals surface area contributed by atoms with Crippen LogP contribution in [0.4, 0.5) is 4.79 Å². The van der Waals surface area contributed by atoms with Crippen molar-refractivity contribution in [3.8, 4) is 0 Å². The third-order valence-electron chi connectivity index (χ3n) is 7.33. The van der Waals surface area contributed by atoms with Gasteiger partial charge in [-0.2, -0.15) is 5.01 Å². The summed E-state index contributed by atoms with van der Waals surface area (Å²) in [5, 5.41) is 6.29.